The number of morpholine rings is 1. The third-order valence-corrected chi connectivity index (χ3v) is 3.44. The molecule has 0 unspecified atom stereocenters. The van der Waals surface area contributed by atoms with Crippen LogP contribution in [0.25, 0.3) is 0 Å². The molecule has 1 aromatic heterocycles. The lowest BCUT2D eigenvalue weighted by Crippen LogP contribution is -2.40. The quantitative estimate of drug-likeness (QED) is 0.870. The molecule has 0 bridgehead atoms. The van der Waals surface area contributed by atoms with Crippen molar-refractivity contribution in [1.82, 2.24) is 9.88 Å². The molecule has 0 spiro atoms. The lowest BCUT2D eigenvalue weighted by Gasteiger charge is -2.26. The van der Waals surface area contributed by atoms with Crippen LogP contribution in [0.4, 0.5) is 11.7 Å². The second-order valence-electron chi connectivity index (χ2n) is 5.01. The van der Waals surface area contributed by atoms with E-state index in [0.29, 0.717) is 37.6 Å². The number of anilines is 2. The molecule has 1 aliphatic rings. The van der Waals surface area contributed by atoms with Crippen LogP contribution in [0, 0.1) is 0 Å². The maximum Gasteiger partial charge on any atom is 0.299 e. The molecule has 23 heavy (non-hydrogen) atoms. The molecule has 1 saturated heterocycles. The van der Waals surface area contributed by atoms with Crippen molar-refractivity contribution in [3.05, 3.63) is 41.8 Å². The van der Waals surface area contributed by atoms with E-state index in [-0.39, 0.29) is 17.6 Å². The lowest BCUT2D eigenvalue weighted by atomic mass is 10.1. The molecule has 3 N–H and O–H groups in total. The fraction of sp³-hybridized carbons (Fsp3) is 0.267. The standard InChI is InChI=1S/C15H16N4O4/c16-13(20)12-9-23-15(18-12)17-11-3-1-10(2-4-11)14(21)19-5-7-22-8-6-19/h1-4,9H,5-8H2,(H2,16,20)(H,17,18). The van der Waals surface area contributed by atoms with Gasteiger partial charge >= 0.3 is 0 Å². The summed E-state index contributed by atoms with van der Waals surface area (Å²) in [5, 5.41) is 2.89. The minimum Gasteiger partial charge on any atom is -0.431 e. The van der Waals surface area contributed by atoms with Crippen molar-refractivity contribution in [3.63, 3.8) is 0 Å². The van der Waals surface area contributed by atoms with Crippen molar-refractivity contribution in [2.45, 2.75) is 0 Å². The van der Waals surface area contributed by atoms with Gasteiger partial charge in [-0.3, -0.25) is 9.59 Å². The Kier molecular flexibility index (Phi) is 4.24. The second-order valence-corrected chi connectivity index (χ2v) is 5.01. The first-order valence-corrected chi connectivity index (χ1v) is 7.13. The number of amides is 2. The van der Waals surface area contributed by atoms with Gasteiger partial charge in [0.25, 0.3) is 17.8 Å². The zero-order chi connectivity index (χ0) is 16.2. The van der Waals surface area contributed by atoms with Crippen molar-refractivity contribution < 1.29 is 18.7 Å². The van der Waals surface area contributed by atoms with E-state index in [0.717, 1.165) is 0 Å². The summed E-state index contributed by atoms with van der Waals surface area (Å²) in [5.41, 5.74) is 6.43. The molecule has 2 aromatic rings. The summed E-state index contributed by atoms with van der Waals surface area (Å²) in [6.07, 6.45) is 1.18. The number of hydrogen-bond donors (Lipinski definition) is 2. The smallest absolute Gasteiger partial charge is 0.299 e. The number of aromatic nitrogens is 1. The molecule has 0 aliphatic carbocycles. The number of carbonyl (C=O) groups excluding carboxylic acids is 2. The number of hydrogen-bond acceptors (Lipinski definition) is 6. The van der Waals surface area contributed by atoms with Gasteiger partial charge in [-0.1, -0.05) is 0 Å². The number of primary amides is 1. The second kappa shape index (κ2) is 6.49. The normalized spacial score (nSPS) is 14.5. The highest BCUT2D eigenvalue weighted by Crippen LogP contribution is 2.17. The third kappa shape index (κ3) is 3.49. The largest absolute Gasteiger partial charge is 0.431 e. The van der Waals surface area contributed by atoms with Crippen molar-refractivity contribution in [2.24, 2.45) is 5.73 Å². The van der Waals surface area contributed by atoms with E-state index in [1.165, 1.54) is 6.26 Å². The monoisotopic (exact) mass is 316 g/mol. The Morgan fingerprint density at radius 3 is 2.48 bits per heavy atom. The van der Waals surface area contributed by atoms with E-state index in [9.17, 15) is 9.59 Å². The fourth-order valence-corrected chi connectivity index (χ4v) is 2.21. The molecule has 120 valence electrons. The molecule has 3 rings (SSSR count). The summed E-state index contributed by atoms with van der Waals surface area (Å²) in [6, 6.07) is 7.07. The van der Waals surface area contributed by atoms with Crippen LogP contribution in [0.5, 0.6) is 0 Å². The number of ether oxygens (including phenoxy) is 1. The van der Waals surface area contributed by atoms with Crippen LogP contribution >= 0.6 is 0 Å². The summed E-state index contributed by atoms with van der Waals surface area (Å²) < 4.78 is 10.3. The van der Waals surface area contributed by atoms with Gasteiger partial charge in [0.15, 0.2) is 5.69 Å². The van der Waals surface area contributed by atoms with Crippen LogP contribution in [0.1, 0.15) is 20.8 Å². The SMILES string of the molecule is NC(=O)c1coc(Nc2ccc(C(=O)N3CCOCC3)cc2)n1. The van der Waals surface area contributed by atoms with Gasteiger partial charge in [0, 0.05) is 24.3 Å². The van der Waals surface area contributed by atoms with E-state index in [1.54, 1.807) is 29.2 Å². The average molecular weight is 316 g/mol. The van der Waals surface area contributed by atoms with E-state index >= 15 is 0 Å². The highest BCUT2D eigenvalue weighted by atomic mass is 16.5. The number of nitrogens with two attached hydrogens (primary N) is 1. The molecule has 8 nitrogen and oxygen atoms in total. The van der Waals surface area contributed by atoms with Gasteiger partial charge < -0.3 is 25.1 Å². The average Bonchev–Trinajstić information content (AvgIpc) is 3.04. The van der Waals surface area contributed by atoms with Crippen LogP contribution in [0.3, 0.4) is 0 Å². The fourth-order valence-electron chi connectivity index (χ4n) is 2.21. The molecular formula is C15H16N4O4. The third-order valence-electron chi connectivity index (χ3n) is 3.44. The Hall–Kier alpha value is -2.87. The summed E-state index contributed by atoms with van der Waals surface area (Å²) in [7, 11) is 0. The maximum absolute atomic E-state index is 12.3. The van der Waals surface area contributed by atoms with Gasteiger partial charge in [-0.25, -0.2) is 0 Å². The van der Waals surface area contributed by atoms with Crippen LogP contribution < -0.4 is 11.1 Å². The van der Waals surface area contributed by atoms with Gasteiger partial charge in [0.2, 0.25) is 0 Å². The molecular weight excluding hydrogens is 300 g/mol. The maximum atomic E-state index is 12.3. The summed E-state index contributed by atoms with van der Waals surface area (Å²) in [6.45, 7) is 2.34. The Bertz CT molecular complexity index is 705. The molecule has 0 radical (unpaired) electrons. The highest BCUT2D eigenvalue weighted by molar-refractivity contribution is 5.94. The van der Waals surface area contributed by atoms with Crippen LogP contribution in [0.15, 0.2) is 34.9 Å². The van der Waals surface area contributed by atoms with Crippen LogP contribution in [0.2, 0.25) is 0 Å². The molecule has 0 saturated carbocycles. The number of carbonyl (C=O) groups is 2. The van der Waals surface area contributed by atoms with Gasteiger partial charge in [-0.05, 0) is 24.3 Å². The molecule has 0 atom stereocenters. The zero-order valence-electron chi connectivity index (χ0n) is 12.3. The summed E-state index contributed by atoms with van der Waals surface area (Å²) >= 11 is 0. The number of oxazole rings is 1. The number of rotatable bonds is 4. The summed E-state index contributed by atoms with van der Waals surface area (Å²) in [5.74, 6) is -0.680. The number of nitrogens with zero attached hydrogens (tertiary/aromatic N) is 2. The number of benzene rings is 1. The van der Waals surface area contributed by atoms with E-state index < -0.39 is 5.91 Å². The van der Waals surface area contributed by atoms with Gasteiger partial charge in [-0.15, -0.1) is 0 Å². The van der Waals surface area contributed by atoms with Crippen LogP contribution in [-0.2, 0) is 4.74 Å². The van der Waals surface area contributed by atoms with Crippen molar-refractivity contribution >= 4 is 23.5 Å². The van der Waals surface area contributed by atoms with Gasteiger partial charge in [-0.2, -0.15) is 4.98 Å². The first-order chi connectivity index (χ1) is 11.1. The minimum atomic E-state index is -0.659. The zero-order valence-corrected chi connectivity index (χ0v) is 12.3. The van der Waals surface area contributed by atoms with Crippen molar-refractivity contribution in [3.8, 4) is 0 Å². The Morgan fingerprint density at radius 1 is 1.17 bits per heavy atom. The predicted octanol–water partition coefficient (Wildman–Crippen LogP) is 0.989. The van der Waals surface area contributed by atoms with Crippen molar-refractivity contribution in [2.75, 3.05) is 31.6 Å². The number of nitrogens with one attached hydrogen (secondary N) is 1. The Morgan fingerprint density at radius 2 is 1.87 bits per heavy atom. The Labute approximate surface area is 132 Å². The van der Waals surface area contributed by atoms with E-state index in [2.05, 4.69) is 10.3 Å². The van der Waals surface area contributed by atoms with Gasteiger partial charge in [0.05, 0.1) is 13.2 Å². The molecule has 1 aliphatic heterocycles. The predicted molar refractivity (Wildman–Crippen MR) is 81.5 cm³/mol. The topological polar surface area (TPSA) is 111 Å². The first kappa shape index (κ1) is 15.0. The van der Waals surface area contributed by atoms with E-state index in [4.69, 9.17) is 14.9 Å². The van der Waals surface area contributed by atoms with Crippen LogP contribution in [-0.4, -0.2) is 48.0 Å². The Balaban J connectivity index is 1.66. The first-order valence-electron chi connectivity index (χ1n) is 7.13. The minimum absolute atomic E-state index is 0.0213. The van der Waals surface area contributed by atoms with Crippen molar-refractivity contribution in [1.29, 1.82) is 0 Å². The van der Waals surface area contributed by atoms with E-state index in [1.807, 2.05) is 0 Å². The molecule has 1 fully saturated rings. The lowest BCUT2D eigenvalue weighted by molar-refractivity contribution is 0.0303. The molecule has 2 amide bonds. The molecule has 1 aromatic carbocycles. The summed E-state index contributed by atoms with van der Waals surface area (Å²) in [4.78, 5) is 28.9. The van der Waals surface area contributed by atoms with Gasteiger partial charge in [0.1, 0.15) is 6.26 Å². The highest BCUT2D eigenvalue weighted by Gasteiger charge is 2.18. The molecule has 2 heterocycles. The molecule has 8 heteroatoms.